The van der Waals surface area contributed by atoms with Crippen molar-refractivity contribution in [3.63, 3.8) is 0 Å². The Bertz CT molecular complexity index is 771. The van der Waals surface area contributed by atoms with Crippen molar-refractivity contribution in [2.45, 2.75) is 52.6 Å². The van der Waals surface area contributed by atoms with E-state index < -0.39 is 5.82 Å². The predicted octanol–water partition coefficient (Wildman–Crippen LogP) is 5.13. The number of rotatable bonds is 4. The number of carbonyl (C=O) groups is 1. The molecule has 0 spiro atoms. The molecule has 0 bridgehead atoms. The van der Waals surface area contributed by atoms with E-state index in [1.807, 2.05) is 0 Å². The Morgan fingerprint density at radius 2 is 2.08 bits per heavy atom. The van der Waals surface area contributed by atoms with Gasteiger partial charge in [0, 0.05) is 23.0 Å². The molecule has 1 fully saturated rings. The van der Waals surface area contributed by atoms with Gasteiger partial charge in [0.05, 0.1) is 5.56 Å². The molecular weight excluding hydrogens is 335 g/mol. The summed E-state index contributed by atoms with van der Waals surface area (Å²) in [7, 11) is 0. The van der Waals surface area contributed by atoms with Crippen LogP contribution in [0.5, 0.6) is 0 Å². The molecule has 1 aromatic carbocycles. The standard InChI is InChI=1S/C20H25FN2OS/c1-13-8-6-7-11-23(13)12-17-14(2)15(3)25-20(17)22-19(24)16-9-4-5-10-18(16)21/h4-5,9-10,13H,6-8,11-12H2,1-3H3,(H,22,24)/t13-/m1/s1. The fourth-order valence-corrected chi connectivity index (χ4v) is 4.44. The number of aryl methyl sites for hydroxylation is 1. The second-order valence-corrected chi connectivity index (χ2v) is 8.06. The third-order valence-electron chi connectivity index (χ3n) is 5.16. The topological polar surface area (TPSA) is 32.3 Å². The highest BCUT2D eigenvalue weighted by molar-refractivity contribution is 7.16. The first-order chi connectivity index (χ1) is 12.0. The number of halogens is 1. The predicted molar refractivity (Wildman–Crippen MR) is 102 cm³/mol. The lowest BCUT2D eigenvalue weighted by Gasteiger charge is -2.33. The number of hydrogen-bond donors (Lipinski definition) is 1. The summed E-state index contributed by atoms with van der Waals surface area (Å²) in [5.74, 6) is -0.872. The molecule has 1 aromatic heterocycles. The third kappa shape index (κ3) is 3.93. The van der Waals surface area contributed by atoms with Crippen LogP contribution < -0.4 is 5.32 Å². The highest BCUT2D eigenvalue weighted by Crippen LogP contribution is 2.35. The number of nitrogens with zero attached hydrogens (tertiary/aromatic N) is 1. The van der Waals surface area contributed by atoms with Crippen LogP contribution in [0.25, 0.3) is 0 Å². The third-order valence-corrected chi connectivity index (χ3v) is 6.32. The molecule has 134 valence electrons. The molecule has 1 aliphatic heterocycles. The Labute approximate surface area is 152 Å². The van der Waals surface area contributed by atoms with Gasteiger partial charge < -0.3 is 5.32 Å². The highest BCUT2D eigenvalue weighted by Gasteiger charge is 2.23. The number of hydrogen-bond acceptors (Lipinski definition) is 3. The minimum absolute atomic E-state index is 0.0866. The lowest BCUT2D eigenvalue weighted by Crippen LogP contribution is -2.37. The first-order valence-electron chi connectivity index (χ1n) is 8.86. The number of benzene rings is 1. The van der Waals surface area contributed by atoms with Gasteiger partial charge in [-0.2, -0.15) is 0 Å². The fraction of sp³-hybridized carbons (Fsp3) is 0.450. The molecule has 0 aliphatic carbocycles. The van der Waals surface area contributed by atoms with Gasteiger partial charge in [-0.25, -0.2) is 4.39 Å². The van der Waals surface area contributed by atoms with Crippen molar-refractivity contribution in [1.29, 1.82) is 0 Å². The molecule has 1 amide bonds. The van der Waals surface area contributed by atoms with Crippen LogP contribution in [0.15, 0.2) is 24.3 Å². The van der Waals surface area contributed by atoms with Gasteiger partial charge >= 0.3 is 0 Å². The second kappa shape index (κ2) is 7.67. The zero-order chi connectivity index (χ0) is 18.0. The number of nitrogens with one attached hydrogen (secondary N) is 1. The molecule has 0 radical (unpaired) electrons. The second-order valence-electron chi connectivity index (χ2n) is 6.84. The van der Waals surface area contributed by atoms with E-state index in [-0.39, 0.29) is 11.5 Å². The molecule has 25 heavy (non-hydrogen) atoms. The van der Waals surface area contributed by atoms with Crippen LogP contribution >= 0.6 is 11.3 Å². The van der Waals surface area contributed by atoms with Crippen LogP contribution in [0.1, 0.15) is 52.5 Å². The molecule has 1 aliphatic rings. The van der Waals surface area contributed by atoms with Crippen molar-refractivity contribution >= 4 is 22.2 Å². The number of likely N-dealkylation sites (tertiary alicyclic amines) is 1. The number of amides is 1. The molecule has 2 aromatic rings. The van der Waals surface area contributed by atoms with Crippen LogP contribution in [-0.2, 0) is 6.54 Å². The van der Waals surface area contributed by atoms with Crippen LogP contribution in [0.2, 0.25) is 0 Å². The first-order valence-corrected chi connectivity index (χ1v) is 9.68. The number of anilines is 1. The maximum Gasteiger partial charge on any atom is 0.259 e. The summed E-state index contributed by atoms with van der Waals surface area (Å²) in [5, 5.41) is 3.79. The smallest absolute Gasteiger partial charge is 0.259 e. The maximum atomic E-state index is 13.9. The lowest BCUT2D eigenvalue weighted by atomic mass is 10.0. The van der Waals surface area contributed by atoms with Crippen LogP contribution in [0.4, 0.5) is 9.39 Å². The van der Waals surface area contributed by atoms with E-state index in [1.54, 1.807) is 23.5 Å². The van der Waals surface area contributed by atoms with Crippen molar-refractivity contribution in [2.75, 3.05) is 11.9 Å². The Morgan fingerprint density at radius 3 is 2.80 bits per heavy atom. The molecule has 3 nitrogen and oxygen atoms in total. The molecule has 2 heterocycles. The molecule has 3 rings (SSSR count). The summed E-state index contributed by atoms with van der Waals surface area (Å²) in [4.78, 5) is 16.2. The van der Waals surface area contributed by atoms with Gasteiger partial charge in [-0.15, -0.1) is 11.3 Å². The zero-order valence-electron chi connectivity index (χ0n) is 15.1. The summed E-state index contributed by atoms with van der Waals surface area (Å²) < 4.78 is 13.9. The largest absolute Gasteiger partial charge is 0.313 e. The summed E-state index contributed by atoms with van der Waals surface area (Å²) >= 11 is 1.58. The summed E-state index contributed by atoms with van der Waals surface area (Å²) in [5.41, 5.74) is 2.48. The van der Waals surface area contributed by atoms with E-state index in [4.69, 9.17) is 0 Å². The zero-order valence-corrected chi connectivity index (χ0v) is 15.9. The van der Waals surface area contributed by atoms with Crippen molar-refractivity contribution in [1.82, 2.24) is 4.90 Å². The summed E-state index contributed by atoms with van der Waals surface area (Å²) in [6.45, 7) is 8.38. The summed E-state index contributed by atoms with van der Waals surface area (Å²) in [6, 6.07) is 6.66. The Balaban J connectivity index is 1.83. The van der Waals surface area contributed by atoms with E-state index in [1.165, 1.54) is 47.4 Å². The van der Waals surface area contributed by atoms with Crippen LogP contribution in [-0.4, -0.2) is 23.4 Å². The molecule has 5 heteroatoms. The fourth-order valence-electron chi connectivity index (χ4n) is 3.38. The van der Waals surface area contributed by atoms with Crippen molar-refractivity contribution in [3.8, 4) is 0 Å². The Hall–Kier alpha value is -1.72. The number of thiophene rings is 1. The number of piperidine rings is 1. The van der Waals surface area contributed by atoms with Gasteiger partial charge in [-0.3, -0.25) is 9.69 Å². The van der Waals surface area contributed by atoms with Crippen molar-refractivity contribution < 1.29 is 9.18 Å². The minimum atomic E-state index is -0.490. The Morgan fingerprint density at radius 1 is 1.32 bits per heavy atom. The summed E-state index contributed by atoms with van der Waals surface area (Å²) in [6.07, 6.45) is 3.73. The average molecular weight is 360 g/mol. The van der Waals surface area contributed by atoms with E-state index in [2.05, 4.69) is 31.0 Å². The molecule has 1 N–H and O–H groups in total. The highest BCUT2D eigenvalue weighted by atomic mass is 32.1. The van der Waals surface area contributed by atoms with Gasteiger partial charge in [0.15, 0.2) is 0 Å². The van der Waals surface area contributed by atoms with E-state index >= 15 is 0 Å². The SMILES string of the molecule is Cc1sc(NC(=O)c2ccccc2F)c(CN2CCCC[C@H]2C)c1C. The monoisotopic (exact) mass is 360 g/mol. The van der Waals surface area contributed by atoms with Gasteiger partial charge in [0.1, 0.15) is 10.8 Å². The maximum absolute atomic E-state index is 13.9. The van der Waals surface area contributed by atoms with E-state index in [0.29, 0.717) is 6.04 Å². The molecule has 0 unspecified atom stereocenters. The molecular formula is C20H25FN2OS. The molecule has 1 atom stereocenters. The molecule has 0 saturated carbocycles. The van der Waals surface area contributed by atoms with Gasteiger partial charge in [0.25, 0.3) is 5.91 Å². The van der Waals surface area contributed by atoms with Crippen LogP contribution in [0, 0.1) is 19.7 Å². The average Bonchev–Trinajstić information content (AvgIpc) is 2.84. The van der Waals surface area contributed by atoms with E-state index in [0.717, 1.165) is 18.1 Å². The van der Waals surface area contributed by atoms with Crippen molar-refractivity contribution in [3.05, 3.63) is 51.7 Å². The first kappa shape index (κ1) is 18.1. The van der Waals surface area contributed by atoms with Crippen LogP contribution in [0.3, 0.4) is 0 Å². The quantitative estimate of drug-likeness (QED) is 0.820. The van der Waals surface area contributed by atoms with E-state index in [9.17, 15) is 9.18 Å². The van der Waals surface area contributed by atoms with Gasteiger partial charge in [0.2, 0.25) is 0 Å². The van der Waals surface area contributed by atoms with Gasteiger partial charge in [-0.1, -0.05) is 18.6 Å². The normalized spacial score (nSPS) is 18.3. The minimum Gasteiger partial charge on any atom is -0.313 e. The molecule has 1 saturated heterocycles. The van der Waals surface area contributed by atoms with Gasteiger partial charge in [-0.05, 0) is 57.9 Å². The number of carbonyl (C=O) groups excluding carboxylic acids is 1. The van der Waals surface area contributed by atoms with Crippen molar-refractivity contribution in [2.24, 2.45) is 0 Å². The lowest BCUT2D eigenvalue weighted by molar-refractivity contribution is 0.102. The Kier molecular flexibility index (Phi) is 5.54.